The van der Waals surface area contributed by atoms with Crippen LogP contribution in [-0.4, -0.2) is 34.1 Å². The van der Waals surface area contributed by atoms with E-state index in [0.717, 1.165) is 9.36 Å². The summed E-state index contributed by atoms with van der Waals surface area (Å²) >= 11 is 0. The van der Waals surface area contributed by atoms with E-state index in [2.05, 4.69) is 10.5 Å². The molecule has 0 aliphatic carbocycles. The highest BCUT2D eigenvalue weighted by Gasteiger charge is 2.16. The summed E-state index contributed by atoms with van der Waals surface area (Å²) in [6.45, 7) is 1.30. The van der Waals surface area contributed by atoms with E-state index in [9.17, 15) is 18.8 Å². The van der Waals surface area contributed by atoms with E-state index < -0.39 is 22.8 Å². The highest BCUT2D eigenvalue weighted by molar-refractivity contribution is 5.86. The lowest BCUT2D eigenvalue weighted by atomic mass is 10.2. The number of carbonyl (C=O) groups is 1. The summed E-state index contributed by atoms with van der Waals surface area (Å²) in [5, 5.41) is 2.99. The minimum atomic E-state index is -0.534. The average Bonchev–Trinajstić information content (AvgIpc) is 2.88. The molecule has 130 valence electrons. The SMILES string of the molecule is COCC(=O)Nn1c(C)c2c(=O)n(-c3cccc(F)c3)[nH]c2cc1=O. The van der Waals surface area contributed by atoms with Gasteiger partial charge in [-0.1, -0.05) is 6.07 Å². The number of aromatic amines is 1. The molecule has 0 saturated heterocycles. The average molecular weight is 346 g/mol. The lowest BCUT2D eigenvalue weighted by molar-refractivity contribution is -0.120. The van der Waals surface area contributed by atoms with E-state index in [1.807, 2.05) is 0 Å². The van der Waals surface area contributed by atoms with Crippen LogP contribution in [0.2, 0.25) is 0 Å². The number of hydrogen-bond acceptors (Lipinski definition) is 4. The van der Waals surface area contributed by atoms with Crippen LogP contribution < -0.4 is 16.5 Å². The maximum absolute atomic E-state index is 13.4. The second kappa shape index (κ2) is 6.36. The fourth-order valence-electron chi connectivity index (χ4n) is 2.60. The van der Waals surface area contributed by atoms with Gasteiger partial charge in [0.25, 0.3) is 17.0 Å². The molecule has 2 aromatic heterocycles. The predicted molar refractivity (Wildman–Crippen MR) is 89.1 cm³/mol. The fraction of sp³-hybridized carbons (Fsp3) is 0.188. The molecule has 1 aromatic carbocycles. The topological polar surface area (TPSA) is 98.1 Å². The molecule has 2 heterocycles. The van der Waals surface area contributed by atoms with Gasteiger partial charge in [-0.05, 0) is 25.1 Å². The van der Waals surface area contributed by atoms with Crippen LogP contribution in [0.5, 0.6) is 0 Å². The Kier molecular flexibility index (Phi) is 4.24. The van der Waals surface area contributed by atoms with E-state index in [1.54, 1.807) is 6.07 Å². The van der Waals surface area contributed by atoms with Crippen LogP contribution in [0.3, 0.4) is 0 Å². The lowest BCUT2D eigenvalue weighted by Gasteiger charge is -2.10. The van der Waals surface area contributed by atoms with Gasteiger partial charge in [0.1, 0.15) is 12.4 Å². The largest absolute Gasteiger partial charge is 0.375 e. The zero-order valence-corrected chi connectivity index (χ0v) is 13.5. The number of carbonyl (C=O) groups excluding carboxylic acids is 1. The van der Waals surface area contributed by atoms with Gasteiger partial charge in [0, 0.05) is 13.2 Å². The van der Waals surface area contributed by atoms with Crippen LogP contribution in [-0.2, 0) is 9.53 Å². The van der Waals surface area contributed by atoms with E-state index in [4.69, 9.17) is 4.74 Å². The molecule has 3 rings (SSSR count). The first kappa shape index (κ1) is 16.7. The van der Waals surface area contributed by atoms with E-state index in [-0.39, 0.29) is 23.2 Å². The molecule has 1 amide bonds. The third-order valence-corrected chi connectivity index (χ3v) is 3.68. The van der Waals surface area contributed by atoms with E-state index in [1.165, 1.54) is 38.3 Å². The first-order valence-electron chi connectivity index (χ1n) is 7.34. The number of aromatic nitrogens is 3. The molecule has 0 aliphatic rings. The van der Waals surface area contributed by atoms with Crippen molar-refractivity contribution in [3.8, 4) is 5.69 Å². The zero-order valence-electron chi connectivity index (χ0n) is 13.5. The smallest absolute Gasteiger partial charge is 0.280 e. The van der Waals surface area contributed by atoms with Crippen molar-refractivity contribution in [2.75, 3.05) is 19.1 Å². The zero-order chi connectivity index (χ0) is 18.1. The number of halogens is 1. The summed E-state index contributed by atoms with van der Waals surface area (Å²) in [4.78, 5) is 36.6. The summed E-state index contributed by atoms with van der Waals surface area (Å²) in [7, 11) is 1.35. The standard InChI is InChI=1S/C16H15FN4O4/c1-9-15-12(7-14(23)20(9)19-13(22)8-25-2)18-21(16(15)24)11-5-3-4-10(17)6-11/h3-7,18H,8H2,1-2H3,(H,19,22). The molecule has 0 radical (unpaired) electrons. The molecule has 2 N–H and O–H groups in total. The molecule has 3 aromatic rings. The maximum Gasteiger partial charge on any atom is 0.280 e. The molecule has 8 nitrogen and oxygen atoms in total. The molecule has 0 atom stereocenters. The van der Waals surface area contributed by atoms with Crippen molar-refractivity contribution >= 4 is 16.8 Å². The Bertz CT molecular complexity index is 1080. The number of pyridine rings is 1. The quantitative estimate of drug-likeness (QED) is 0.724. The fourth-order valence-corrected chi connectivity index (χ4v) is 2.60. The molecule has 0 aliphatic heterocycles. The first-order valence-corrected chi connectivity index (χ1v) is 7.34. The summed E-state index contributed by atoms with van der Waals surface area (Å²) in [6.07, 6.45) is 0. The van der Waals surface area contributed by atoms with Gasteiger partial charge >= 0.3 is 0 Å². The molecule has 0 spiro atoms. The van der Waals surface area contributed by atoms with Gasteiger partial charge in [-0.3, -0.25) is 24.9 Å². The molecule has 9 heteroatoms. The van der Waals surface area contributed by atoms with Crippen LogP contribution in [0, 0.1) is 12.7 Å². The van der Waals surface area contributed by atoms with Crippen molar-refractivity contribution < 1.29 is 13.9 Å². The number of methoxy groups -OCH3 is 1. The normalized spacial score (nSPS) is 11.0. The van der Waals surface area contributed by atoms with Crippen molar-refractivity contribution in [2.45, 2.75) is 6.92 Å². The minimum Gasteiger partial charge on any atom is -0.375 e. The molecule has 25 heavy (non-hydrogen) atoms. The number of nitrogens with one attached hydrogen (secondary N) is 2. The minimum absolute atomic E-state index is 0.210. The number of benzene rings is 1. The summed E-state index contributed by atoms with van der Waals surface area (Å²) < 4.78 is 20.2. The second-order valence-electron chi connectivity index (χ2n) is 5.39. The Morgan fingerprint density at radius 2 is 2.08 bits per heavy atom. The van der Waals surface area contributed by atoms with Crippen molar-refractivity contribution in [3.63, 3.8) is 0 Å². The molecule has 0 fully saturated rings. The molecule has 0 saturated carbocycles. The summed E-state index contributed by atoms with van der Waals surface area (Å²) in [6, 6.07) is 6.67. The van der Waals surface area contributed by atoms with Gasteiger partial charge in [-0.2, -0.15) is 0 Å². The molecular formula is C16H15FN4O4. The number of nitrogens with zero attached hydrogens (tertiary/aromatic N) is 2. The molecule has 0 unspecified atom stereocenters. The van der Waals surface area contributed by atoms with Crippen molar-refractivity contribution in [1.29, 1.82) is 0 Å². The number of aryl methyl sites for hydroxylation is 1. The highest BCUT2D eigenvalue weighted by Crippen LogP contribution is 2.13. The third kappa shape index (κ3) is 2.96. The molecular weight excluding hydrogens is 331 g/mol. The number of amides is 1. The Morgan fingerprint density at radius 1 is 1.32 bits per heavy atom. The maximum atomic E-state index is 13.4. The first-order chi connectivity index (χ1) is 11.9. The van der Waals surface area contributed by atoms with Gasteiger partial charge in [0.15, 0.2) is 0 Å². The van der Waals surface area contributed by atoms with Crippen molar-refractivity contribution in [3.05, 3.63) is 62.6 Å². The Labute approximate surface area is 140 Å². The lowest BCUT2D eigenvalue weighted by Crippen LogP contribution is -2.36. The summed E-state index contributed by atoms with van der Waals surface area (Å²) in [5.74, 6) is -1.03. The van der Waals surface area contributed by atoms with Crippen molar-refractivity contribution in [1.82, 2.24) is 14.5 Å². The van der Waals surface area contributed by atoms with Gasteiger partial charge < -0.3 is 4.74 Å². The highest BCUT2D eigenvalue weighted by atomic mass is 19.1. The van der Waals surface area contributed by atoms with Crippen LogP contribution in [0.4, 0.5) is 4.39 Å². The monoisotopic (exact) mass is 346 g/mol. The van der Waals surface area contributed by atoms with Gasteiger partial charge in [-0.25, -0.2) is 13.7 Å². The van der Waals surface area contributed by atoms with Crippen LogP contribution in [0.25, 0.3) is 16.6 Å². The van der Waals surface area contributed by atoms with E-state index >= 15 is 0 Å². The van der Waals surface area contributed by atoms with Crippen LogP contribution in [0.15, 0.2) is 39.9 Å². The predicted octanol–water partition coefficient (Wildman–Crippen LogP) is 0.645. The Hall–Kier alpha value is -3.20. The van der Waals surface area contributed by atoms with Gasteiger partial charge in [-0.15, -0.1) is 0 Å². The summed E-state index contributed by atoms with van der Waals surface area (Å²) in [5.41, 5.74) is 2.22. The number of ether oxygens (including phenoxy) is 1. The number of fused-ring (bicyclic) bond motifs is 1. The van der Waals surface area contributed by atoms with E-state index in [0.29, 0.717) is 5.69 Å². The number of hydrogen-bond donors (Lipinski definition) is 2. The number of rotatable bonds is 4. The van der Waals surface area contributed by atoms with Gasteiger partial charge in [0.2, 0.25) is 0 Å². The molecule has 0 bridgehead atoms. The van der Waals surface area contributed by atoms with Crippen molar-refractivity contribution in [2.24, 2.45) is 0 Å². The number of H-pyrrole nitrogens is 1. The van der Waals surface area contributed by atoms with Crippen LogP contribution >= 0.6 is 0 Å². The van der Waals surface area contributed by atoms with Crippen LogP contribution in [0.1, 0.15) is 5.69 Å². The van der Waals surface area contributed by atoms with Gasteiger partial charge in [0.05, 0.1) is 22.3 Å². The Morgan fingerprint density at radius 3 is 2.76 bits per heavy atom. The third-order valence-electron chi connectivity index (χ3n) is 3.68. The Balaban J connectivity index is 2.19. The second-order valence-corrected chi connectivity index (χ2v) is 5.39.